The van der Waals surface area contributed by atoms with Crippen LogP contribution in [-0.4, -0.2) is 0 Å². The molecule has 0 aliphatic heterocycles. The molecule has 0 radical (unpaired) electrons. The fourth-order valence-corrected chi connectivity index (χ4v) is 1.35. The monoisotopic (exact) mass is 173 g/mol. The maximum Gasteiger partial charge on any atom is 0.190 e. The molecule has 0 aliphatic rings. The van der Waals surface area contributed by atoms with Crippen LogP contribution >= 0.6 is 0 Å². The summed E-state index contributed by atoms with van der Waals surface area (Å²) in [6.45, 7) is 15.5. The highest BCUT2D eigenvalue weighted by atomic mass is 14.7. The zero-order valence-corrected chi connectivity index (χ0v) is 8.68. The molecule has 0 amide bonds. The Morgan fingerprint density at radius 3 is 2.31 bits per heavy atom. The number of hydrogen-bond donors (Lipinski definition) is 0. The minimum atomic E-state index is 0.0614. The van der Waals surface area contributed by atoms with Crippen LogP contribution in [0.4, 0.5) is 5.69 Å². The van der Waals surface area contributed by atoms with Gasteiger partial charge in [0.1, 0.15) is 0 Å². The van der Waals surface area contributed by atoms with Gasteiger partial charge in [-0.15, -0.1) is 0 Å². The smallest absolute Gasteiger partial charge is 0.190 e. The second-order valence-electron chi connectivity index (χ2n) is 4.38. The Morgan fingerprint density at radius 1 is 1.23 bits per heavy atom. The van der Waals surface area contributed by atoms with Crippen molar-refractivity contribution >= 4 is 5.69 Å². The molecule has 68 valence electrons. The van der Waals surface area contributed by atoms with Crippen molar-refractivity contribution in [1.82, 2.24) is 0 Å². The summed E-state index contributed by atoms with van der Waals surface area (Å²) < 4.78 is 0. The average Bonchev–Trinajstić information content (AvgIpc) is 2.03. The lowest BCUT2D eigenvalue weighted by Gasteiger charge is -2.21. The Labute approximate surface area is 80.2 Å². The van der Waals surface area contributed by atoms with E-state index < -0.39 is 0 Å². The van der Waals surface area contributed by atoms with Crippen molar-refractivity contribution in [2.45, 2.75) is 33.1 Å². The number of rotatable bonds is 0. The fraction of sp³-hybridized carbons (Fsp3) is 0.417. The lowest BCUT2D eigenvalue weighted by atomic mass is 9.85. The van der Waals surface area contributed by atoms with Crippen molar-refractivity contribution in [2.24, 2.45) is 0 Å². The van der Waals surface area contributed by atoms with Crippen LogP contribution in [0.15, 0.2) is 18.2 Å². The van der Waals surface area contributed by atoms with Gasteiger partial charge in [-0.1, -0.05) is 44.5 Å². The van der Waals surface area contributed by atoms with E-state index in [2.05, 4.69) is 38.6 Å². The van der Waals surface area contributed by atoms with Gasteiger partial charge in [0.05, 0.1) is 6.57 Å². The summed E-state index contributed by atoms with van der Waals surface area (Å²) in [6, 6.07) is 6.00. The molecular formula is C12H15N. The normalized spacial score (nSPS) is 11.0. The molecule has 1 aromatic carbocycles. The van der Waals surface area contributed by atoms with Gasteiger partial charge in [-0.2, -0.15) is 0 Å². The van der Waals surface area contributed by atoms with Gasteiger partial charge >= 0.3 is 0 Å². The van der Waals surface area contributed by atoms with Gasteiger partial charge < -0.3 is 0 Å². The topological polar surface area (TPSA) is 4.36 Å². The lowest BCUT2D eigenvalue weighted by Crippen LogP contribution is -2.11. The van der Waals surface area contributed by atoms with Gasteiger partial charge in [0.15, 0.2) is 5.69 Å². The van der Waals surface area contributed by atoms with Crippen LogP contribution in [0.2, 0.25) is 0 Å². The highest BCUT2D eigenvalue weighted by Gasteiger charge is 2.17. The lowest BCUT2D eigenvalue weighted by molar-refractivity contribution is 0.592. The van der Waals surface area contributed by atoms with Crippen molar-refractivity contribution in [3.8, 4) is 0 Å². The number of nitrogens with zero attached hydrogens (tertiary/aromatic N) is 1. The maximum absolute atomic E-state index is 7.06. The SMILES string of the molecule is [C-]#[N+]c1ccc(C)cc1C(C)(C)C. The van der Waals surface area contributed by atoms with Crippen molar-refractivity contribution in [3.05, 3.63) is 40.7 Å². The molecule has 0 saturated heterocycles. The molecule has 0 bridgehead atoms. The van der Waals surface area contributed by atoms with Crippen molar-refractivity contribution in [3.63, 3.8) is 0 Å². The predicted molar refractivity (Wildman–Crippen MR) is 56.1 cm³/mol. The Kier molecular flexibility index (Phi) is 2.43. The fourth-order valence-electron chi connectivity index (χ4n) is 1.35. The second-order valence-corrected chi connectivity index (χ2v) is 4.38. The summed E-state index contributed by atoms with van der Waals surface area (Å²) in [5.74, 6) is 0. The van der Waals surface area contributed by atoms with Crippen molar-refractivity contribution in [1.29, 1.82) is 0 Å². The quantitative estimate of drug-likeness (QED) is 0.525. The molecule has 0 unspecified atom stereocenters. The van der Waals surface area contributed by atoms with E-state index in [9.17, 15) is 0 Å². The summed E-state index contributed by atoms with van der Waals surface area (Å²) in [5.41, 5.74) is 3.20. The maximum atomic E-state index is 7.06. The second kappa shape index (κ2) is 3.22. The van der Waals surface area contributed by atoms with Crippen LogP contribution in [0.3, 0.4) is 0 Å². The van der Waals surface area contributed by atoms with E-state index in [4.69, 9.17) is 6.57 Å². The van der Waals surface area contributed by atoms with E-state index in [0.717, 1.165) is 11.3 Å². The van der Waals surface area contributed by atoms with Gasteiger partial charge in [-0.05, 0) is 17.9 Å². The van der Waals surface area contributed by atoms with E-state index in [1.54, 1.807) is 0 Å². The average molecular weight is 173 g/mol. The van der Waals surface area contributed by atoms with Gasteiger partial charge in [-0.3, -0.25) is 0 Å². The number of benzene rings is 1. The molecule has 0 fully saturated rings. The van der Waals surface area contributed by atoms with Crippen LogP contribution < -0.4 is 0 Å². The van der Waals surface area contributed by atoms with Crippen molar-refractivity contribution in [2.75, 3.05) is 0 Å². The molecule has 1 heteroatoms. The molecule has 1 aromatic rings. The van der Waals surface area contributed by atoms with Crippen LogP contribution in [0.25, 0.3) is 4.85 Å². The number of aryl methyl sites for hydroxylation is 1. The Bertz CT molecular complexity index is 350. The van der Waals surface area contributed by atoms with E-state index in [1.165, 1.54) is 5.56 Å². The molecule has 0 N–H and O–H groups in total. The number of hydrogen-bond acceptors (Lipinski definition) is 0. The first-order valence-corrected chi connectivity index (χ1v) is 4.44. The van der Waals surface area contributed by atoms with Gasteiger partial charge in [-0.25, -0.2) is 4.85 Å². The summed E-state index contributed by atoms with van der Waals surface area (Å²) in [5, 5.41) is 0. The molecule has 13 heavy (non-hydrogen) atoms. The van der Waals surface area contributed by atoms with E-state index in [0.29, 0.717) is 0 Å². The third-order valence-corrected chi connectivity index (χ3v) is 2.08. The van der Waals surface area contributed by atoms with E-state index >= 15 is 0 Å². The highest BCUT2D eigenvalue weighted by molar-refractivity contribution is 5.56. The van der Waals surface area contributed by atoms with Crippen LogP contribution in [0.5, 0.6) is 0 Å². The highest BCUT2D eigenvalue weighted by Crippen LogP contribution is 2.32. The zero-order chi connectivity index (χ0) is 10.1. The first kappa shape index (κ1) is 9.80. The molecule has 1 nitrogen and oxygen atoms in total. The molecule has 0 atom stereocenters. The summed E-state index contributed by atoms with van der Waals surface area (Å²) in [6.07, 6.45) is 0. The molecule has 0 spiro atoms. The molecule has 0 aliphatic carbocycles. The molecule has 0 aromatic heterocycles. The zero-order valence-electron chi connectivity index (χ0n) is 8.68. The molecule has 0 heterocycles. The largest absolute Gasteiger partial charge is 0.238 e. The molecule has 0 saturated carbocycles. The minimum Gasteiger partial charge on any atom is -0.238 e. The molecular weight excluding hydrogens is 158 g/mol. The third kappa shape index (κ3) is 2.09. The summed E-state index contributed by atoms with van der Waals surface area (Å²) in [7, 11) is 0. The van der Waals surface area contributed by atoms with E-state index in [1.807, 2.05) is 12.1 Å². The van der Waals surface area contributed by atoms with Gasteiger partial charge in [0, 0.05) is 0 Å². The predicted octanol–water partition coefficient (Wildman–Crippen LogP) is 3.84. The summed E-state index contributed by atoms with van der Waals surface area (Å²) >= 11 is 0. The van der Waals surface area contributed by atoms with Crippen molar-refractivity contribution < 1.29 is 0 Å². The minimum absolute atomic E-state index is 0.0614. The third-order valence-electron chi connectivity index (χ3n) is 2.08. The first-order valence-electron chi connectivity index (χ1n) is 4.44. The van der Waals surface area contributed by atoms with Crippen LogP contribution in [-0.2, 0) is 5.41 Å². The summed E-state index contributed by atoms with van der Waals surface area (Å²) in [4.78, 5) is 3.53. The first-order chi connectivity index (χ1) is 5.95. The Hall–Kier alpha value is -1.29. The van der Waals surface area contributed by atoms with Crippen LogP contribution in [0, 0.1) is 13.5 Å². The van der Waals surface area contributed by atoms with Crippen LogP contribution in [0.1, 0.15) is 31.9 Å². The standard InChI is InChI=1S/C12H15N/c1-9-6-7-11(13-5)10(8-9)12(2,3)4/h6-8H,1-4H3. The Balaban J connectivity index is 3.35. The Morgan fingerprint density at radius 2 is 1.85 bits per heavy atom. The van der Waals surface area contributed by atoms with Gasteiger partial charge in [0.2, 0.25) is 0 Å². The molecule has 1 rings (SSSR count). The van der Waals surface area contributed by atoms with Gasteiger partial charge in [0.25, 0.3) is 0 Å². The van der Waals surface area contributed by atoms with E-state index in [-0.39, 0.29) is 5.41 Å².